The maximum absolute atomic E-state index is 12.4. The van der Waals surface area contributed by atoms with Crippen molar-refractivity contribution in [3.63, 3.8) is 0 Å². The second-order valence-electron chi connectivity index (χ2n) is 9.59. The van der Waals surface area contributed by atoms with Crippen LogP contribution >= 0.6 is 11.8 Å². The molecule has 220 valence electrons. The number of nitrogens with one attached hydrogen (secondary N) is 4. The Morgan fingerprint density at radius 1 is 0.750 bits per heavy atom. The minimum Gasteiger partial charge on any atom is -0.345 e. The van der Waals surface area contributed by atoms with Gasteiger partial charge in [0.2, 0.25) is 23.6 Å². The van der Waals surface area contributed by atoms with E-state index in [0.717, 1.165) is 29.9 Å². The number of thioether (sulfide) groups is 1. The van der Waals surface area contributed by atoms with Gasteiger partial charge in [0.05, 0.1) is 11.6 Å². The van der Waals surface area contributed by atoms with Crippen LogP contribution in [-0.2, 0) is 33.6 Å². The normalized spacial score (nSPS) is 14.8. The van der Waals surface area contributed by atoms with Crippen LogP contribution in [-0.4, -0.2) is 90.2 Å². The molecule has 4 N–H and O–H groups in total. The number of carbonyl (C=O) groups excluding carboxylic acids is 7. The number of nitrogens with zero attached hydrogens (tertiary/aromatic N) is 1. The van der Waals surface area contributed by atoms with Crippen molar-refractivity contribution >= 4 is 60.7 Å². The molecule has 0 unspecified atom stereocenters. The highest BCUT2D eigenvalue weighted by atomic mass is 32.2. The molecule has 6 amide bonds. The van der Waals surface area contributed by atoms with E-state index in [2.05, 4.69) is 21.3 Å². The number of carbonyl (C=O) groups is 7. The van der Waals surface area contributed by atoms with Gasteiger partial charge in [0, 0.05) is 25.1 Å². The van der Waals surface area contributed by atoms with Crippen LogP contribution in [0.3, 0.4) is 0 Å². The van der Waals surface area contributed by atoms with Gasteiger partial charge >= 0.3 is 0 Å². The van der Waals surface area contributed by atoms with Crippen LogP contribution in [0.25, 0.3) is 0 Å². The zero-order valence-electron chi connectivity index (χ0n) is 23.5. The van der Waals surface area contributed by atoms with Crippen LogP contribution in [0.5, 0.6) is 0 Å². The molecule has 0 saturated heterocycles. The summed E-state index contributed by atoms with van der Waals surface area (Å²) >= 11 is 1.53. The average Bonchev–Trinajstić information content (AvgIpc) is 3.21. The molecule has 0 spiro atoms. The second kappa shape index (κ2) is 19.0. The van der Waals surface area contributed by atoms with Crippen LogP contribution in [0.4, 0.5) is 0 Å². The number of hydrogen-bond acceptors (Lipinski definition) is 8. The van der Waals surface area contributed by atoms with E-state index in [-0.39, 0.29) is 35.7 Å². The van der Waals surface area contributed by atoms with E-state index in [4.69, 9.17) is 7.85 Å². The van der Waals surface area contributed by atoms with Gasteiger partial charge in [-0.2, -0.15) is 0 Å². The van der Waals surface area contributed by atoms with E-state index in [1.54, 1.807) is 0 Å². The first kappa shape index (κ1) is 34.9. The molecule has 2 radical (unpaired) electrons. The van der Waals surface area contributed by atoms with E-state index in [9.17, 15) is 33.6 Å². The van der Waals surface area contributed by atoms with Gasteiger partial charge in [-0.3, -0.25) is 33.7 Å². The number of rotatable bonds is 20. The van der Waals surface area contributed by atoms with E-state index in [1.165, 1.54) is 44.7 Å². The topological polar surface area (TPSA) is 171 Å². The van der Waals surface area contributed by atoms with Crippen molar-refractivity contribution in [2.45, 2.75) is 90.3 Å². The van der Waals surface area contributed by atoms with Gasteiger partial charge in [-0.05, 0) is 58.6 Å². The van der Waals surface area contributed by atoms with Crippen molar-refractivity contribution in [1.82, 2.24) is 26.2 Å². The molecule has 40 heavy (non-hydrogen) atoms. The molecule has 14 heteroatoms. The predicted octanol–water partition coefficient (Wildman–Crippen LogP) is 0.0483. The lowest BCUT2D eigenvalue weighted by Crippen LogP contribution is -2.54. The fourth-order valence-electron chi connectivity index (χ4n) is 3.60. The zero-order valence-corrected chi connectivity index (χ0v) is 24.3. The Hall–Kier alpha value is -3.16. The molecule has 12 nitrogen and oxygen atoms in total. The third-order valence-corrected chi connectivity index (χ3v) is 6.95. The fourth-order valence-corrected chi connectivity index (χ4v) is 4.40. The molecular weight excluding hydrogens is 537 g/mol. The van der Waals surface area contributed by atoms with Crippen LogP contribution in [0, 0.1) is 0 Å². The SMILES string of the molecule is [B]C(=O)CCCCCSCNC(=O)[C@H](C)NC(=O)[C@@H](C)NC(=O)[C@H](C)NC(=O)CCCCCN1C(=O)C=CC1=O. The maximum Gasteiger partial charge on any atom is 0.253 e. The first-order valence-corrected chi connectivity index (χ1v) is 14.6. The monoisotopic (exact) mass is 577 g/mol. The Kier molecular flexibility index (Phi) is 16.6. The standard InChI is InChI=1S/C26H40BN5O7S/c1-17(24(37)28-16-40-15-9-5-6-10-20(27)33)30-26(39)19(3)31-25(38)18(2)29-21(34)11-7-4-8-14-32-22(35)12-13-23(32)36/h12-13,17-19H,4-11,14-16H2,1-3H3,(H,28,37)(H,29,34)(H,30,39)(H,31,38)/t17-,18-,19+/m0/s1. The van der Waals surface area contributed by atoms with Gasteiger partial charge in [0.1, 0.15) is 18.1 Å². The lowest BCUT2D eigenvalue weighted by atomic mass is 9.97. The summed E-state index contributed by atoms with van der Waals surface area (Å²) < 4.78 is 0. The smallest absolute Gasteiger partial charge is 0.253 e. The maximum atomic E-state index is 12.4. The van der Waals surface area contributed by atoms with Gasteiger partial charge in [0.25, 0.3) is 11.8 Å². The van der Waals surface area contributed by atoms with Gasteiger partial charge in [0.15, 0.2) is 7.85 Å². The summed E-state index contributed by atoms with van der Waals surface area (Å²) in [6.07, 6.45) is 7.27. The number of imide groups is 1. The molecule has 1 rings (SSSR count). The molecule has 0 aliphatic carbocycles. The molecule has 0 saturated carbocycles. The van der Waals surface area contributed by atoms with Crippen molar-refractivity contribution in [3.05, 3.63) is 12.2 Å². The highest BCUT2D eigenvalue weighted by molar-refractivity contribution is 7.99. The average molecular weight is 578 g/mol. The minimum absolute atomic E-state index is 0.175. The van der Waals surface area contributed by atoms with E-state index in [1.807, 2.05) is 0 Å². The summed E-state index contributed by atoms with van der Waals surface area (Å²) in [6.45, 7) is 4.81. The molecule has 0 aromatic heterocycles. The van der Waals surface area contributed by atoms with Crippen molar-refractivity contribution in [2.24, 2.45) is 0 Å². The number of unbranched alkanes of at least 4 members (excludes halogenated alkanes) is 4. The highest BCUT2D eigenvalue weighted by Crippen LogP contribution is 2.08. The summed E-state index contributed by atoms with van der Waals surface area (Å²) in [7, 11) is 5.09. The first-order valence-electron chi connectivity index (χ1n) is 13.5. The molecule has 0 aromatic carbocycles. The molecule has 1 heterocycles. The highest BCUT2D eigenvalue weighted by Gasteiger charge is 2.24. The Morgan fingerprint density at radius 3 is 1.88 bits per heavy atom. The van der Waals surface area contributed by atoms with Gasteiger partial charge in [-0.25, -0.2) is 0 Å². The summed E-state index contributed by atoms with van der Waals surface area (Å²) in [5.74, 6) is -1.24. The van der Waals surface area contributed by atoms with Crippen LogP contribution in [0.1, 0.15) is 72.1 Å². The van der Waals surface area contributed by atoms with E-state index < -0.39 is 29.9 Å². The zero-order chi connectivity index (χ0) is 30.1. The van der Waals surface area contributed by atoms with Crippen LogP contribution in [0.2, 0.25) is 0 Å². The third-order valence-electron chi connectivity index (χ3n) is 6.02. The van der Waals surface area contributed by atoms with Gasteiger partial charge < -0.3 is 26.1 Å². The lowest BCUT2D eigenvalue weighted by Gasteiger charge is -2.20. The Morgan fingerprint density at radius 2 is 1.27 bits per heavy atom. The van der Waals surface area contributed by atoms with Crippen LogP contribution in [0.15, 0.2) is 12.2 Å². The predicted molar refractivity (Wildman–Crippen MR) is 152 cm³/mol. The van der Waals surface area contributed by atoms with E-state index in [0.29, 0.717) is 38.1 Å². The molecule has 0 fully saturated rings. The Balaban J connectivity index is 2.19. The number of amides is 6. The Bertz CT molecular complexity index is 944. The fraction of sp³-hybridized carbons (Fsp3) is 0.654. The Labute approximate surface area is 241 Å². The van der Waals surface area contributed by atoms with Gasteiger partial charge in [-0.1, -0.05) is 12.8 Å². The van der Waals surface area contributed by atoms with Crippen molar-refractivity contribution in [2.75, 3.05) is 18.2 Å². The molecule has 1 aliphatic heterocycles. The molecule has 0 aromatic rings. The van der Waals surface area contributed by atoms with Crippen molar-refractivity contribution in [3.8, 4) is 0 Å². The van der Waals surface area contributed by atoms with Crippen LogP contribution < -0.4 is 21.3 Å². The lowest BCUT2D eigenvalue weighted by molar-refractivity contribution is -0.137. The second-order valence-corrected chi connectivity index (χ2v) is 10.7. The molecular formula is C26H40BN5O7S. The molecule has 0 bridgehead atoms. The third kappa shape index (κ3) is 14.3. The summed E-state index contributed by atoms with van der Waals surface area (Å²) in [4.78, 5) is 84.1. The minimum atomic E-state index is -0.928. The summed E-state index contributed by atoms with van der Waals surface area (Å²) in [5, 5.41) is 10.4. The molecule has 3 atom stereocenters. The van der Waals surface area contributed by atoms with E-state index >= 15 is 0 Å². The van der Waals surface area contributed by atoms with Gasteiger partial charge in [-0.15, -0.1) is 11.8 Å². The summed E-state index contributed by atoms with van der Waals surface area (Å²) in [5.41, 5.74) is -0.308. The quantitative estimate of drug-likeness (QED) is 0.0681. The summed E-state index contributed by atoms with van der Waals surface area (Å²) in [6, 6.07) is -2.61. The largest absolute Gasteiger partial charge is 0.345 e. The molecule has 1 aliphatic rings. The van der Waals surface area contributed by atoms with Crippen molar-refractivity contribution < 1.29 is 33.6 Å². The van der Waals surface area contributed by atoms with Crippen molar-refractivity contribution in [1.29, 1.82) is 0 Å². The number of hydrogen-bond donors (Lipinski definition) is 4. The first-order chi connectivity index (χ1) is 18.9.